The fourth-order valence-corrected chi connectivity index (χ4v) is 2.70. The topological polar surface area (TPSA) is 68.7 Å². The summed E-state index contributed by atoms with van der Waals surface area (Å²) in [5.74, 6) is -0.245. The number of benzene rings is 1. The lowest BCUT2D eigenvalue weighted by Crippen LogP contribution is -2.01. The Labute approximate surface area is 139 Å². The first-order valence-electron chi connectivity index (χ1n) is 7.24. The molecule has 0 fully saturated rings. The third-order valence-electron chi connectivity index (χ3n) is 2.94. The van der Waals surface area contributed by atoms with E-state index in [2.05, 4.69) is 4.98 Å². The first kappa shape index (κ1) is 17.2. The molecule has 122 valence electrons. The Hall–Kier alpha value is -2.18. The van der Waals surface area contributed by atoms with Crippen LogP contribution in [0.3, 0.4) is 0 Å². The summed E-state index contributed by atoms with van der Waals surface area (Å²) in [5.41, 5.74) is 1.54. The average Bonchev–Trinajstić information content (AvgIpc) is 2.99. The maximum atomic E-state index is 10.8. The molecular formula is C17H19NO4S. The van der Waals surface area contributed by atoms with E-state index >= 15 is 0 Å². The number of rotatable bonds is 9. The molecule has 0 amide bonds. The van der Waals surface area contributed by atoms with Gasteiger partial charge in [-0.2, -0.15) is 0 Å². The highest BCUT2D eigenvalue weighted by atomic mass is 32.1. The normalized spacial score (nSPS) is 11.4. The Balaban J connectivity index is 2.17. The Morgan fingerprint density at radius 3 is 2.78 bits per heavy atom. The van der Waals surface area contributed by atoms with Crippen molar-refractivity contribution in [3.8, 4) is 0 Å². The Kier molecular flexibility index (Phi) is 6.77. The summed E-state index contributed by atoms with van der Waals surface area (Å²) in [5, 5.41) is 11.3. The van der Waals surface area contributed by atoms with E-state index in [1.807, 2.05) is 36.4 Å². The van der Waals surface area contributed by atoms with Gasteiger partial charge in [-0.1, -0.05) is 30.3 Å². The predicted octanol–water partition coefficient (Wildman–Crippen LogP) is 3.32. The molecular weight excluding hydrogens is 314 g/mol. The summed E-state index contributed by atoms with van der Waals surface area (Å²) in [4.78, 5) is 15.1. The van der Waals surface area contributed by atoms with Crippen molar-refractivity contribution in [2.45, 2.75) is 12.8 Å². The number of aliphatic carboxylic acids is 1. The number of carboxylic acid groups (broad SMARTS) is 1. The van der Waals surface area contributed by atoms with E-state index in [9.17, 15) is 4.79 Å². The zero-order chi connectivity index (χ0) is 16.5. The van der Waals surface area contributed by atoms with Gasteiger partial charge >= 0.3 is 5.97 Å². The predicted molar refractivity (Wildman–Crippen MR) is 90.2 cm³/mol. The van der Waals surface area contributed by atoms with Gasteiger partial charge in [0.15, 0.2) is 10.8 Å². The third-order valence-corrected chi connectivity index (χ3v) is 3.85. The zero-order valence-electron chi connectivity index (χ0n) is 12.9. The van der Waals surface area contributed by atoms with Crippen molar-refractivity contribution in [1.29, 1.82) is 0 Å². The molecule has 0 atom stereocenters. The number of ether oxygens (including phenoxy) is 2. The largest absolute Gasteiger partial charge is 0.490 e. The van der Waals surface area contributed by atoms with Gasteiger partial charge in [0.05, 0.1) is 18.7 Å². The van der Waals surface area contributed by atoms with Gasteiger partial charge in [-0.25, -0.2) is 4.98 Å². The van der Waals surface area contributed by atoms with Crippen LogP contribution in [0, 0.1) is 0 Å². The van der Waals surface area contributed by atoms with Crippen LogP contribution in [-0.2, 0) is 20.7 Å². The summed E-state index contributed by atoms with van der Waals surface area (Å²) in [7, 11) is 1.65. The molecule has 1 aromatic carbocycles. The molecule has 1 N–H and O–H groups in total. The van der Waals surface area contributed by atoms with Crippen molar-refractivity contribution in [2.24, 2.45) is 0 Å². The molecule has 2 aromatic rings. The van der Waals surface area contributed by atoms with Crippen LogP contribution in [0.5, 0.6) is 0 Å². The van der Waals surface area contributed by atoms with Gasteiger partial charge in [0.2, 0.25) is 0 Å². The van der Waals surface area contributed by atoms with E-state index in [0.717, 1.165) is 12.0 Å². The minimum absolute atomic E-state index is 0.0845. The molecule has 23 heavy (non-hydrogen) atoms. The van der Waals surface area contributed by atoms with Crippen LogP contribution in [0.2, 0.25) is 0 Å². The highest BCUT2D eigenvalue weighted by Gasteiger charge is 2.11. The monoisotopic (exact) mass is 333 g/mol. The van der Waals surface area contributed by atoms with Crippen LogP contribution in [0.1, 0.15) is 22.7 Å². The fraction of sp³-hybridized carbons (Fsp3) is 0.294. The highest BCUT2D eigenvalue weighted by molar-refractivity contribution is 7.10. The molecule has 5 nitrogen and oxygen atoms in total. The van der Waals surface area contributed by atoms with Gasteiger partial charge in [-0.05, 0) is 11.6 Å². The number of hydrogen-bond donors (Lipinski definition) is 1. The van der Waals surface area contributed by atoms with E-state index in [1.165, 1.54) is 11.3 Å². The lowest BCUT2D eigenvalue weighted by molar-refractivity contribution is -0.136. The number of carboxylic acids is 1. The molecule has 0 bridgehead atoms. The highest BCUT2D eigenvalue weighted by Crippen LogP contribution is 2.24. The van der Waals surface area contributed by atoms with Crippen LogP contribution < -0.4 is 0 Å². The molecule has 0 aliphatic rings. The zero-order valence-corrected chi connectivity index (χ0v) is 13.7. The van der Waals surface area contributed by atoms with Crippen LogP contribution in [0.15, 0.2) is 35.7 Å². The SMILES string of the molecule is COCCCOC(=Cc1ccccc1)c1nc(CC(=O)O)cs1. The molecule has 0 spiro atoms. The van der Waals surface area contributed by atoms with Crippen LogP contribution >= 0.6 is 11.3 Å². The molecule has 0 radical (unpaired) electrons. The molecule has 0 saturated heterocycles. The summed E-state index contributed by atoms with van der Waals surface area (Å²) >= 11 is 1.38. The molecule has 6 heteroatoms. The molecule has 1 heterocycles. The van der Waals surface area contributed by atoms with E-state index in [0.29, 0.717) is 29.7 Å². The van der Waals surface area contributed by atoms with Crippen molar-refractivity contribution in [2.75, 3.05) is 20.3 Å². The lowest BCUT2D eigenvalue weighted by atomic mass is 10.2. The van der Waals surface area contributed by atoms with Gasteiger partial charge in [-0.3, -0.25) is 4.79 Å². The summed E-state index contributed by atoms with van der Waals surface area (Å²) < 4.78 is 10.9. The van der Waals surface area contributed by atoms with Gasteiger partial charge in [-0.15, -0.1) is 11.3 Å². The second-order valence-electron chi connectivity index (χ2n) is 4.83. The summed E-state index contributed by atoms with van der Waals surface area (Å²) in [6, 6.07) is 9.80. The van der Waals surface area contributed by atoms with Crippen LogP contribution in [0.4, 0.5) is 0 Å². The van der Waals surface area contributed by atoms with E-state index in [-0.39, 0.29) is 6.42 Å². The molecule has 1 aromatic heterocycles. The van der Waals surface area contributed by atoms with Gasteiger partial charge in [0.25, 0.3) is 0 Å². The summed E-state index contributed by atoms with van der Waals surface area (Å²) in [6.45, 7) is 1.14. The van der Waals surface area contributed by atoms with Crippen molar-refractivity contribution in [1.82, 2.24) is 4.98 Å². The smallest absolute Gasteiger partial charge is 0.309 e. The molecule has 2 rings (SSSR count). The van der Waals surface area contributed by atoms with E-state index < -0.39 is 5.97 Å². The first-order valence-corrected chi connectivity index (χ1v) is 8.12. The van der Waals surface area contributed by atoms with E-state index in [1.54, 1.807) is 12.5 Å². The van der Waals surface area contributed by atoms with Crippen LogP contribution in [0.25, 0.3) is 11.8 Å². The first-order chi connectivity index (χ1) is 11.2. The van der Waals surface area contributed by atoms with Crippen molar-refractivity contribution in [3.05, 3.63) is 52.0 Å². The maximum Gasteiger partial charge on any atom is 0.309 e. The number of thiazole rings is 1. The quantitative estimate of drug-likeness (QED) is 0.563. The molecule has 0 saturated carbocycles. The Morgan fingerprint density at radius 1 is 1.30 bits per heavy atom. The average molecular weight is 333 g/mol. The number of nitrogens with zero attached hydrogens (tertiary/aromatic N) is 1. The molecule has 0 aliphatic heterocycles. The molecule has 0 unspecified atom stereocenters. The second-order valence-corrected chi connectivity index (χ2v) is 5.69. The maximum absolute atomic E-state index is 10.8. The number of hydrogen-bond acceptors (Lipinski definition) is 5. The van der Waals surface area contributed by atoms with Gasteiger partial charge < -0.3 is 14.6 Å². The fourth-order valence-electron chi connectivity index (χ4n) is 1.91. The minimum atomic E-state index is -0.892. The lowest BCUT2D eigenvalue weighted by Gasteiger charge is -2.08. The molecule has 0 aliphatic carbocycles. The van der Waals surface area contributed by atoms with Gasteiger partial charge in [0.1, 0.15) is 0 Å². The Morgan fingerprint density at radius 2 is 2.09 bits per heavy atom. The number of carbonyl (C=O) groups is 1. The van der Waals surface area contributed by atoms with Gasteiger partial charge in [0, 0.05) is 25.5 Å². The van der Waals surface area contributed by atoms with Crippen molar-refractivity contribution in [3.63, 3.8) is 0 Å². The van der Waals surface area contributed by atoms with E-state index in [4.69, 9.17) is 14.6 Å². The second kappa shape index (κ2) is 9.07. The number of methoxy groups -OCH3 is 1. The minimum Gasteiger partial charge on any atom is -0.490 e. The third kappa shape index (κ3) is 5.84. The van der Waals surface area contributed by atoms with Crippen molar-refractivity contribution < 1.29 is 19.4 Å². The summed E-state index contributed by atoms with van der Waals surface area (Å²) in [6.07, 6.45) is 2.60. The van der Waals surface area contributed by atoms with Crippen LogP contribution in [-0.4, -0.2) is 36.4 Å². The van der Waals surface area contributed by atoms with Crippen molar-refractivity contribution >= 4 is 29.1 Å². The number of aromatic nitrogens is 1. The standard InChI is InChI=1S/C17H19NO4S/c1-21-8-5-9-22-15(10-13-6-3-2-4-7-13)17-18-14(12-23-17)11-16(19)20/h2-4,6-7,10,12H,5,8-9,11H2,1H3,(H,19,20). The Bertz CT molecular complexity index is 652.